The van der Waals surface area contributed by atoms with Crippen LogP contribution in [-0.2, 0) is 11.0 Å². The van der Waals surface area contributed by atoms with Gasteiger partial charge in [0.05, 0.1) is 23.5 Å². The Labute approximate surface area is 220 Å². The average molecular weight is 548 g/mol. The molecule has 4 heterocycles. The van der Waals surface area contributed by atoms with E-state index in [2.05, 4.69) is 59.1 Å². The quantitative estimate of drug-likeness (QED) is 0.108. The summed E-state index contributed by atoms with van der Waals surface area (Å²) in [4.78, 5) is 8.68. The molecule has 0 aromatic carbocycles. The van der Waals surface area contributed by atoms with Gasteiger partial charge in [-0.3, -0.25) is 9.08 Å². The standard InChI is InChI=1S/C24H31ClFN7OSSi/c1-24(2,3)36(5,6)34-10-8-16(14-32-15-18(25)13-28-32)22-31-30-21-12-17(11-20(26)33(21)22)19-7-9-27-23(29-19)35-4/h7,9,11-13,15-16H,8,10,14H2,1-6H3. The lowest BCUT2D eigenvalue weighted by atomic mass is 10.1. The molecule has 0 amide bonds. The number of hydrogen-bond donors (Lipinski definition) is 0. The van der Waals surface area contributed by atoms with E-state index in [1.165, 1.54) is 22.2 Å². The summed E-state index contributed by atoms with van der Waals surface area (Å²) >= 11 is 7.52. The number of rotatable bonds is 9. The summed E-state index contributed by atoms with van der Waals surface area (Å²) < 4.78 is 25.2. The van der Waals surface area contributed by atoms with Crippen LogP contribution in [0.2, 0.25) is 23.2 Å². The van der Waals surface area contributed by atoms with Gasteiger partial charge in [-0.25, -0.2) is 9.97 Å². The number of aromatic nitrogens is 7. The minimum Gasteiger partial charge on any atom is -0.417 e. The van der Waals surface area contributed by atoms with Crippen LogP contribution in [0.3, 0.4) is 0 Å². The van der Waals surface area contributed by atoms with Gasteiger partial charge in [0.2, 0.25) is 5.95 Å². The second-order valence-electron chi connectivity index (χ2n) is 10.2. The third-order valence-electron chi connectivity index (χ3n) is 6.71. The van der Waals surface area contributed by atoms with Crippen LogP contribution in [0.15, 0.2) is 41.9 Å². The molecule has 192 valence electrons. The summed E-state index contributed by atoms with van der Waals surface area (Å²) in [5.74, 6) is -0.129. The van der Waals surface area contributed by atoms with Crippen molar-refractivity contribution >= 4 is 37.3 Å². The van der Waals surface area contributed by atoms with Gasteiger partial charge in [0, 0.05) is 36.5 Å². The number of halogens is 2. The zero-order valence-corrected chi connectivity index (χ0v) is 23.9. The predicted octanol–water partition coefficient (Wildman–Crippen LogP) is 6.09. The largest absolute Gasteiger partial charge is 0.417 e. The maximum Gasteiger partial charge on any atom is 0.201 e. The van der Waals surface area contributed by atoms with Crippen molar-refractivity contribution in [2.75, 3.05) is 12.9 Å². The zero-order valence-electron chi connectivity index (χ0n) is 21.4. The van der Waals surface area contributed by atoms with Gasteiger partial charge in [0.25, 0.3) is 0 Å². The molecule has 8 nitrogen and oxygen atoms in total. The van der Waals surface area contributed by atoms with E-state index in [1.807, 2.05) is 6.26 Å². The van der Waals surface area contributed by atoms with E-state index in [4.69, 9.17) is 16.0 Å². The third kappa shape index (κ3) is 5.79. The molecule has 0 spiro atoms. The SMILES string of the molecule is CSc1nccc(-c2cc(F)n3c(C(CCO[Si](C)(C)C(C)(C)C)Cn4cc(Cl)cn4)nnc3c2)n1. The molecule has 0 aliphatic carbocycles. The Morgan fingerprint density at radius 3 is 2.67 bits per heavy atom. The lowest BCUT2D eigenvalue weighted by Gasteiger charge is -2.36. The van der Waals surface area contributed by atoms with Crippen molar-refractivity contribution in [3.05, 3.63) is 53.6 Å². The summed E-state index contributed by atoms with van der Waals surface area (Å²) in [5.41, 5.74) is 1.66. The van der Waals surface area contributed by atoms with Crippen LogP contribution >= 0.6 is 23.4 Å². The Hall–Kier alpha value is -2.34. The topological polar surface area (TPSA) is 83.0 Å². The Kier molecular flexibility index (Phi) is 7.84. The number of pyridine rings is 1. The lowest BCUT2D eigenvalue weighted by Crippen LogP contribution is -2.41. The molecule has 1 atom stereocenters. The zero-order chi connectivity index (χ0) is 26.1. The second-order valence-corrected chi connectivity index (χ2v) is 16.2. The molecule has 36 heavy (non-hydrogen) atoms. The van der Waals surface area contributed by atoms with Gasteiger partial charge in [0.1, 0.15) is 5.82 Å². The highest BCUT2D eigenvalue weighted by Gasteiger charge is 2.37. The molecule has 4 aromatic rings. The summed E-state index contributed by atoms with van der Waals surface area (Å²) in [5, 5.41) is 14.3. The minimum absolute atomic E-state index is 0.0964. The van der Waals surface area contributed by atoms with Crippen LogP contribution in [0, 0.1) is 5.95 Å². The van der Waals surface area contributed by atoms with Crippen LogP contribution in [-0.4, -0.2) is 55.5 Å². The number of hydrogen-bond acceptors (Lipinski definition) is 7. The first-order valence-electron chi connectivity index (χ1n) is 11.7. The molecule has 0 aliphatic heterocycles. The van der Waals surface area contributed by atoms with E-state index in [0.717, 1.165) is 0 Å². The maximum absolute atomic E-state index is 15.5. The van der Waals surface area contributed by atoms with Crippen molar-refractivity contribution < 1.29 is 8.82 Å². The summed E-state index contributed by atoms with van der Waals surface area (Å²) in [6, 6.07) is 5.00. The minimum atomic E-state index is -1.94. The van der Waals surface area contributed by atoms with Gasteiger partial charge in [-0.1, -0.05) is 44.1 Å². The fraction of sp³-hybridized carbons (Fsp3) is 0.458. The Morgan fingerprint density at radius 1 is 1.22 bits per heavy atom. The van der Waals surface area contributed by atoms with E-state index in [0.29, 0.717) is 52.5 Å². The number of nitrogens with zero attached hydrogens (tertiary/aromatic N) is 7. The van der Waals surface area contributed by atoms with E-state index >= 15 is 4.39 Å². The monoisotopic (exact) mass is 547 g/mol. The lowest BCUT2D eigenvalue weighted by molar-refractivity contribution is 0.261. The van der Waals surface area contributed by atoms with E-state index in [9.17, 15) is 0 Å². The number of fused-ring (bicyclic) bond motifs is 1. The van der Waals surface area contributed by atoms with Gasteiger partial charge >= 0.3 is 0 Å². The third-order valence-corrected chi connectivity index (χ3v) is 12.0. The van der Waals surface area contributed by atoms with Crippen LogP contribution in [0.1, 0.15) is 38.9 Å². The van der Waals surface area contributed by atoms with Gasteiger partial charge in [-0.05, 0) is 42.9 Å². The summed E-state index contributed by atoms with van der Waals surface area (Å²) in [6.45, 7) is 12.1. The van der Waals surface area contributed by atoms with E-state index < -0.39 is 14.3 Å². The molecule has 0 saturated heterocycles. The Balaban J connectivity index is 1.66. The molecule has 0 bridgehead atoms. The second kappa shape index (κ2) is 10.6. The molecule has 0 saturated carbocycles. The first-order chi connectivity index (χ1) is 17.0. The smallest absolute Gasteiger partial charge is 0.201 e. The molecule has 4 aromatic heterocycles. The molecule has 4 rings (SSSR count). The predicted molar refractivity (Wildman–Crippen MR) is 143 cm³/mol. The van der Waals surface area contributed by atoms with Gasteiger partial charge in [-0.2, -0.15) is 9.49 Å². The molecule has 0 N–H and O–H groups in total. The fourth-order valence-electron chi connectivity index (χ4n) is 3.65. The maximum atomic E-state index is 15.5. The molecule has 0 radical (unpaired) electrons. The molecule has 0 aliphatic rings. The van der Waals surface area contributed by atoms with Crippen molar-refractivity contribution in [1.29, 1.82) is 0 Å². The van der Waals surface area contributed by atoms with Crippen LogP contribution < -0.4 is 0 Å². The highest BCUT2D eigenvalue weighted by molar-refractivity contribution is 7.98. The van der Waals surface area contributed by atoms with Gasteiger partial charge in [0.15, 0.2) is 19.1 Å². The summed E-state index contributed by atoms with van der Waals surface area (Å²) in [7, 11) is -1.94. The molecular weight excluding hydrogens is 517 g/mol. The molecule has 12 heteroatoms. The van der Waals surface area contributed by atoms with Gasteiger partial charge < -0.3 is 4.43 Å². The molecule has 1 unspecified atom stereocenters. The average Bonchev–Trinajstić information content (AvgIpc) is 3.43. The van der Waals surface area contributed by atoms with Crippen LogP contribution in [0.25, 0.3) is 16.9 Å². The number of thioether (sulfide) groups is 1. The van der Waals surface area contributed by atoms with E-state index in [1.54, 1.807) is 35.4 Å². The van der Waals surface area contributed by atoms with Crippen molar-refractivity contribution in [3.63, 3.8) is 0 Å². The van der Waals surface area contributed by atoms with Crippen molar-refractivity contribution in [1.82, 2.24) is 34.3 Å². The highest BCUT2D eigenvalue weighted by Crippen LogP contribution is 2.37. The molecular formula is C24H31ClFN7OSSi. The Morgan fingerprint density at radius 2 is 2.00 bits per heavy atom. The van der Waals surface area contributed by atoms with Crippen LogP contribution in [0.5, 0.6) is 0 Å². The van der Waals surface area contributed by atoms with Crippen molar-refractivity contribution in [2.45, 2.75) is 62.9 Å². The van der Waals surface area contributed by atoms with E-state index in [-0.39, 0.29) is 11.0 Å². The van der Waals surface area contributed by atoms with Crippen LogP contribution in [0.4, 0.5) is 4.39 Å². The van der Waals surface area contributed by atoms with Crippen molar-refractivity contribution in [2.24, 2.45) is 0 Å². The van der Waals surface area contributed by atoms with Gasteiger partial charge in [-0.15, -0.1) is 10.2 Å². The van der Waals surface area contributed by atoms with Crippen molar-refractivity contribution in [3.8, 4) is 11.3 Å². The first kappa shape index (κ1) is 26.7. The highest BCUT2D eigenvalue weighted by atomic mass is 35.5. The Bertz CT molecular complexity index is 1350. The fourth-order valence-corrected chi connectivity index (χ4v) is 5.22. The first-order valence-corrected chi connectivity index (χ1v) is 16.2. The summed E-state index contributed by atoms with van der Waals surface area (Å²) in [6.07, 6.45) is 7.53. The normalized spacial score (nSPS) is 13.4. The molecule has 0 fully saturated rings.